The molecule has 0 radical (unpaired) electrons. The highest BCUT2D eigenvalue weighted by molar-refractivity contribution is 8.00. The molecule has 1 fully saturated rings. The standard InChI is InChI=1S/C13H15N7S2/c1-21-13-18-11-10(22-13)12(16-7-15-11)19-4-2-9(3-5-19)20-8-14-6-17-20/h6-9H,2-5H2,1H3. The Morgan fingerprint density at radius 1 is 1.23 bits per heavy atom. The summed E-state index contributed by atoms with van der Waals surface area (Å²) >= 11 is 3.32. The number of thiazole rings is 1. The van der Waals surface area contributed by atoms with Gasteiger partial charge in [0.1, 0.15) is 23.7 Å². The maximum atomic E-state index is 4.52. The van der Waals surface area contributed by atoms with E-state index in [0.717, 1.165) is 46.4 Å². The summed E-state index contributed by atoms with van der Waals surface area (Å²) in [4.78, 5) is 19.7. The van der Waals surface area contributed by atoms with Gasteiger partial charge in [-0.15, -0.1) is 11.3 Å². The molecule has 3 aromatic rings. The van der Waals surface area contributed by atoms with Gasteiger partial charge in [-0.1, -0.05) is 11.8 Å². The van der Waals surface area contributed by atoms with Crippen molar-refractivity contribution in [3.63, 3.8) is 0 Å². The average Bonchev–Trinajstić information content (AvgIpc) is 3.23. The summed E-state index contributed by atoms with van der Waals surface area (Å²) in [6, 6.07) is 0.430. The number of hydrogen-bond donors (Lipinski definition) is 0. The van der Waals surface area contributed by atoms with Gasteiger partial charge in [-0.2, -0.15) is 5.10 Å². The first-order valence-corrected chi connectivity index (χ1v) is 9.14. The topological polar surface area (TPSA) is 72.6 Å². The zero-order chi connectivity index (χ0) is 14.9. The second-order valence-corrected chi connectivity index (χ2v) is 7.18. The highest BCUT2D eigenvalue weighted by Crippen LogP contribution is 2.34. The van der Waals surface area contributed by atoms with Crippen LogP contribution in [0.4, 0.5) is 5.82 Å². The molecule has 1 aliphatic heterocycles. The molecular weight excluding hydrogens is 318 g/mol. The van der Waals surface area contributed by atoms with E-state index in [1.165, 1.54) is 0 Å². The Morgan fingerprint density at radius 2 is 2.09 bits per heavy atom. The van der Waals surface area contributed by atoms with Crippen molar-refractivity contribution in [3.8, 4) is 0 Å². The lowest BCUT2D eigenvalue weighted by Gasteiger charge is -2.32. The van der Waals surface area contributed by atoms with Crippen molar-refractivity contribution >= 4 is 39.3 Å². The third kappa shape index (κ3) is 2.44. The lowest BCUT2D eigenvalue weighted by atomic mass is 10.1. The normalized spacial score (nSPS) is 16.5. The number of rotatable bonds is 3. The first-order valence-electron chi connectivity index (χ1n) is 7.09. The molecule has 114 valence electrons. The van der Waals surface area contributed by atoms with Crippen LogP contribution in [0.15, 0.2) is 23.3 Å². The Hall–Kier alpha value is -1.74. The zero-order valence-corrected chi connectivity index (χ0v) is 13.7. The summed E-state index contributed by atoms with van der Waals surface area (Å²) in [5, 5.41) is 4.25. The van der Waals surface area contributed by atoms with Crippen LogP contribution in [0.25, 0.3) is 10.3 Å². The van der Waals surface area contributed by atoms with Gasteiger partial charge in [0.2, 0.25) is 0 Å². The lowest BCUT2D eigenvalue weighted by molar-refractivity contribution is 0.365. The largest absolute Gasteiger partial charge is 0.355 e. The molecule has 0 aliphatic carbocycles. The Labute approximate surface area is 135 Å². The average molecular weight is 333 g/mol. The van der Waals surface area contributed by atoms with Crippen molar-refractivity contribution < 1.29 is 0 Å². The molecule has 0 saturated carbocycles. The van der Waals surface area contributed by atoms with Gasteiger partial charge < -0.3 is 4.90 Å². The number of thioether (sulfide) groups is 1. The molecule has 0 bridgehead atoms. The molecular formula is C13H15N7S2. The number of nitrogens with zero attached hydrogens (tertiary/aromatic N) is 7. The lowest BCUT2D eigenvalue weighted by Crippen LogP contribution is -2.35. The molecule has 7 nitrogen and oxygen atoms in total. The molecule has 4 heterocycles. The molecule has 22 heavy (non-hydrogen) atoms. The van der Waals surface area contributed by atoms with Gasteiger partial charge in [0.25, 0.3) is 0 Å². The van der Waals surface area contributed by atoms with E-state index in [4.69, 9.17) is 0 Å². The number of fused-ring (bicyclic) bond motifs is 1. The van der Waals surface area contributed by atoms with Crippen LogP contribution in [-0.4, -0.2) is 49.1 Å². The van der Waals surface area contributed by atoms with Crippen LogP contribution < -0.4 is 4.90 Å². The fraction of sp³-hybridized carbons (Fsp3) is 0.462. The minimum atomic E-state index is 0.430. The first-order chi connectivity index (χ1) is 10.8. The smallest absolute Gasteiger partial charge is 0.176 e. The molecule has 9 heteroatoms. The Bertz CT molecular complexity index is 762. The van der Waals surface area contributed by atoms with Crippen LogP contribution in [0.1, 0.15) is 18.9 Å². The number of hydrogen-bond acceptors (Lipinski definition) is 8. The highest BCUT2D eigenvalue weighted by Gasteiger charge is 2.24. The third-order valence-electron chi connectivity index (χ3n) is 3.90. The zero-order valence-electron chi connectivity index (χ0n) is 12.1. The van der Waals surface area contributed by atoms with Crippen molar-refractivity contribution in [2.75, 3.05) is 24.2 Å². The van der Waals surface area contributed by atoms with Gasteiger partial charge in [0, 0.05) is 13.1 Å². The molecule has 0 spiro atoms. The summed E-state index contributed by atoms with van der Waals surface area (Å²) in [6.07, 6.45) is 9.14. The van der Waals surface area contributed by atoms with Crippen LogP contribution in [0.2, 0.25) is 0 Å². The summed E-state index contributed by atoms with van der Waals surface area (Å²) in [5.74, 6) is 1.01. The first kappa shape index (κ1) is 13.9. The van der Waals surface area contributed by atoms with E-state index in [0.29, 0.717) is 6.04 Å². The van der Waals surface area contributed by atoms with Crippen LogP contribution in [0, 0.1) is 0 Å². The Morgan fingerprint density at radius 3 is 2.82 bits per heavy atom. The fourth-order valence-electron chi connectivity index (χ4n) is 2.78. The van der Waals surface area contributed by atoms with Crippen molar-refractivity contribution in [2.24, 2.45) is 0 Å². The summed E-state index contributed by atoms with van der Waals surface area (Å²) in [5.41, 5.74) is 0.803. The van der Waals surface area contributed by atoms with Crippen LogP contribution in [0.5, 0.6) is 0 Å². The molecule has 1 saturated heterocycles. The van der Waals surface area contributed by atoms with Crippen LogP contribution in [0.3, 0.4) is 0 Å². The Balaban J connectivity index is 1.57. The molecule has 0 unspecified atom stereocenters. The van der Waals surface area contributed by atoms with Gasteiger partial charge in [-0.05, 0) is 19.1 Å². The summed E-state index contributed by atoms with van der Waals surface area (Å²) in [6.45, 7) is 1.92. The molecule has 1 aliphatic rings. The quantitative estimate of drug-likeness (QED) is 0.681. The molecule has 0 amide bonds. The van der Waals surface area contributed by atoms with E-state index in [-0.39, 0.29) is 0 Å². The van der Waals surface area contributed by atoms with E-state index in [2.05, 4.69) is 29.9 Å². The number of anilines is 1. The van der Waals surface area contributed by atoms with Gasteiger partial charge >= 0.3 is 0 Å². The molecule has 0 aromatic carbocycles. The summed E-state index contributed by atoms with van der Waals surface area (Å²) in [7, 11) is 0. The van der Waals surface area contributed by atoms with E-state index in [1.807, 2.05) is 10.9 Å². The van der Waals surface area contributed by atoms with Crippen molar-refractivity contribution in [2.45, 2.75) is 23.2 Å². The third-order valence-corrected chi connectivity index (χ3v) is 5.93. The predicted octanol–water partition coefficient (Wildman–Crippen LogP) is 2.24. The molecule has 0 N–H and O–H groups in total. The van der Waals surface area contributed by atoms with Gasteiger partial charge in [-0.3, -0.25) is 0 Å². The highest BCUT2D eigenvalue weighted by atomic mass is 32.2. The number of aromatic nitrogens is 6. The van der Waals surface area contributed by atoms with Gasteiger partial charge in [0.15, 0.2) is 15.8 Å². The van der Waals surface area contributed by atoms with Gasteiger partial charge in [-0.25, -0.2) is 24.6 Å². The van der Waals surface area contributed by atoms with E-state index < -0.39 is 0 Å². The maximum Gasteiger partial charge on any atom is 0.176 e. The molecule has 4 rings (SSSR count). The van der Waals surface area contributed by atoms with E-state index in [9.17, 15) is 0 Å². The maximum absolute atomic E-state index is 4.52. The molecule has 0 atom stereocenters. The van der Waals surface area contributed by atoms with E-state index in [1.54, 1.807) is 42.1 Å². The Kier molecular flexibility index (Phi) is 3.67. The van der Waals surface area contributed by atoms with Crippen LogP contribution in [-0.2, 0) is 0 Å². The molecule has 3 aromatic heterocycles. The van der Waals surface area contributed by atoms with Crippen molar-refractivity contribution in [1.29, 1.82) is 0 Å². The second kappa shape index (κ2) is 5.81. The fourth-order valence-corrected chi connectivity index (χ4v) is 4.31. The van der Waals surface area contributed by atoms with E-state index >= 15 is 0 Å². The minimum absolute atomic E-state index is 0.430. The SMILES string of the molecule is CSc1nc2ncnc(N3CCC(n4cncn4)CC3)c2s1. The van der Waals surface area contributed by atoms with Gasteiger partial charge in [0.05, 0.1) is 6.04 Å². The summed E-state index contributed by atoms with van der Waals surface area (Å²) < 4.78 is 4.09. The predicted molar refractivity (Wildman–Crippen MR) is 87.5 cm³/mol. The monoisotopic (exact) mass is 333 g/mol. The van der Waals surface area contributed by atoms with Crippen LogP contribution >= 0.6 is 23.1 Å². The van der Waals surface area contributed by atoms with Crippen molar-refractivity contribution in [3.05, 3.63) is 19.0 Å². The van der Waals surface area contributed by atoms with Crippen molar-refractivity contribution in [1.82, 2.24) is 29.7 Å². The second-order valence-electron chi connectivity index (χ2n) is 5.13. The minimum Gasteiger partial charge on any atom is -0.355 e. The number of piperidine rings is 1.